The molecule has 1 fully saturated rings. The van der Waals surface area contributed by atoms with Gasteiger partial charge in [0.25, 0.3) is 0 Å². The maximum Gasteiger partial charge on any atom is 0.315 e. The number of urea groups is 1. The van der Waals surface area contributed by atoms with Crippen molar-refractivity contribution in [2.75, 3.05) is 6.54 Å². The molecule has 1 aliphatic carbocycles. The molecule has 1 aliphatic rings. The standard InChI is InChI=1S/C22H32ClN3O4/c1-15(2)30-21(28)14-19(17-10-6-7-11-18(17)23)26-20(27)12-13-24-22(29)25-16-8-4-3-5-9-16/h6-7,10-11,15-16,19H,3-5,8-9,12-14H2,1-2H3,(H,26,27)(H2,24,25,29)/t19-/m1/s1. The molecule has 1 aromatic carbocycles. The average molecular weight is 438 g/mol. The van der Waals surface area contributed by atoms with Gasteiger partial charge in [-0.05, 0) is 38.3 Å². The highest BCUT2D eigenvalue weighted by Gasteiger charge is 2.22. The Labute approximate surface area is 183 Å². The van der Waals surface area contributed by atoms with Gasteiger partial charge in [0, 0.05) is 24.0 Å². The molecule has 166 valence electrons. The highest BCUT2D eigenvalue weighted by atomic mass is 35.5. The smallest absolute Gasteiger partial charge is 0.315 e. The van der Waals surface area contributed by atoms with E-state index in [1.807, 2.05) is 0 Å². The topological polar surface area (TPSA) is 96.5 Å². The van der Waals surface area contributed by atoms with Crippen molar-refractivity contribution in [3.8, 4) is 0 Å². The van der Waals surface area contributed by atoms with E-state index in [4.69, 9.17) is 16.3 Å². The van der Waals surface area contributed by atoms with Gasteiger partial charge >= 0.3 is 12.0 Å². The van der Waals surface area contributed by atoms with Gasteiger partial charge in [-0.15, -0.1) is 0 Å². The number of benzene rings is 1. The van der Waals surface area contributed by atoms with Crippen LogP contribution >= 0.6 is 11.6 Å². The van der Waals surface area contributed by atoms with Crippen molar-refractivity contribution in [2.24, 2.45) is 0 Å². The second kappa shape index (κ2) is 12.4. The Bertz CT molecular complexity index is 720. The molecule has 3 amide bonds. The number of carbonyl (C=O) groups excluding carboxylic acids is 3. The number of amides is 3. The third-order valence-corrected chi connectivity index (χ3v) is 5.28. The first kappa shape index (κ1) is 24.0. The van der Waals surface area contributed by atoms with Crippen LogP contribution in [0.25, 0.3) is 0 Å². The lowest BCUT2D eigenvalue weighted by Crippen LogP contribution is -2.44. The minimum Gasteiger partial charge on any atom is -0.463 e. The van der Waals surface area contributed by atoms with Crippen molar-refractivity contribution in [2.45, 2.75) is 77.0 Å². The maximum atomic E-state index is 12.4. The Morgan fingerprint density at radius 1 is 1.13 bits per heavy atom. The van der Waals surface area contributed by atoms with Gasteiger partial charge in [-0.3, -0.25) is 9.59 Å². The van der Waals surface area contributed by atoms with E-state index in [9.17, 15) is 14.4 Å². The minimum absolute atomic E-state index is 0.0246. The predicted octanol–water partition coefficient (Wildman–Crippen LogP) is 3.86. The van der Waals surface area contributed by atoms with Crippen LogP contribution in [0.5, 0.6) is 0 Å². The quantitative estimate of drug-likeness (QED) is 0.511. The molecular formula is C22H32ClN3O4. The first-order valence-electron chi connectivity index (χ1n) is 10.6. The lowest BCUT2D eigenvalue weighted by molar-refractivity contribution is -0.148. The Balaban J connectivity index is 1.84. The largest absolute Gasteiger partial charge is 0.463 e. The third kappa shape index (κ3) is 8.61. The van der Waals surface area contributed by atoms with Crippen LogP contribution in [0.15, 0.2) is 24.3 Å². The molecule has 0 saturated heterocycles. The molecule has 8 heteroatoms. The molecule has 7 nitrogen and oxygen atoms in total. The fourth-order valence-electron chi connectivity index (χ4n) is 3.51. The van der Waals surface area contributed by atoms with Gasteiger partial charge in [0.1, 0.15) is 0 Å². The number of hydrogen-bond donors (Lipinski definition) is 3. The van der Waals surface area contributed by atoms with E-state index >= 15 is 0 Å². The summed E-state index contributed by atoms with van der Waals surface area (Å²) in [7, 11) is 0. The van der Waals surface area contributed by atoms with E-state index in [1.165, 1.54) is 6.42 Å². The van der Waals surface area contributed by atoms with Crippen molar-refractivity contribution in [3.63, 3.8) is 0 Å². The molecule has 0 aliphatic heterocycles. The van der Waals surface area contributed by atoms with Crippen molar-refractivity contribution >= 4 is 29.5 Å². The Kier molecular flexibility index (Phi) is 9.94. The number of esters is 1. The van der Waals surface area contributed by atoms with Crippen LogP contribution in [-0.2, 0) is 14.3 Å². The Morgan fingerprint density at radius 3 is 2.50 bits per heavy atom. The summed E-state index contributed by atoms with van der Waals surface area (Å²) in [5.74, 6) is -0.699. The molecule has 3 N–H and O–H groups in total. The first-order chi connectivity index (χ1) is 14.3. The summed E-state index contributed by atoms with van der Waals surface area (Å²) >= 11 is 6.26. The molecule has 30 heavy (non-hydrogen) atoms. The summed E-state index contributed by atoms with van der Waals surface area (Å²) in [5.41, 5.74) is 0.649. The number of hydrogen-bond acceptors (Lipinski definition) is 4. The fraction of sp³-hybridized carbons (Fsp3) is 0.591. The van der Waals surface area contributed by atoms with Gasteiger partial charge in [-0.1, -0.05) is 49.1 Å². The van der Waals surface area contributed by atoms with Gasteiger partial charge in [0.05, 0.1) is 18.6 Å². The molecule has 0 bridgehead atoms. The highest BCUT2D eigenvalue weighted by molar-refractivity contribution is 6.31. The predicted molar refractivity (Wildman–Crippen MR) is 116 cm³/mol. The SMILES string of the molecule is CC(C)OC(=O)C[C@@H](NC(=O)CCNC(=O)NC1CCCCC1)c1ccccc1Cl. The number of nitrogens with one attached hydrogen (secondary N) is 3. The molecule has 0 unspecified atom stereocenters. The fourth-order valence-corrected chi connectivity index (χ4v) is 3.78. The van der Waals surface area contributed by atoms with Gasteiger partial charge in [-0.2, -0.15) is 0 Å². The normalized spacial score (nSPS) is 15.3. The third-order valence-electron chi connectivity index (χ3n) is 4.93. The lowest BCUT2D eigenvalue weighted by atomic mass is 9.96. The minimum atomic E-state index is -0.603. The Morgan fingerprint density at radius 2 is 1.83 bits per heavy atom. The summed E-state index contributed by atoms with van der Waals surface area (Å²) in [6.45, 7) is 3.74. The first-order valence-corrected chi connectivity index (χ1v) is 11.0. The highest BCUT2D eigenvalue weighted by Crippen LogP contribution is 2.25. The second-order valence-electron chi connectivity index (χ2n) is 7.87. The second-order valence-corrected chi connectivity index (χ2v) is 8.28. The van der Waals surface area contributed by atoms with E-state index in [0.717, 1.165) is 25.7 Å². The molecule has 1 atom stereocenters. The van der Waals surface area contributed by atoms with E-state index < -0.39 is 12.0 Å². The zero-order valence-corrected chi connectivity index (χ0v) is 18.5. The van der Waals surface area contributed by atoms with Crippen LogP contribution < -0.4 is 16.0 Å². The van der Waals surface area contributed by atoms with E-state index in [-0.39, 0.29) is 43.5 Å². The summed E-state index contributed by atoms with van der Waals surface area (Å²) in [5, 5.41) is 8.97. The van der Waals surface area contributed by atoms with Gasteiger partial charge in [0.2, 0.25) is 5.91 Å². The molecule has 1 aromatic rings. The molecule has 1 saturated carbocycles. The summed E-state index contributed by atoms with van der Waals surface area (Å²) < 4.78 is 5.21. The average Bonchev–Trinajstić information content (AvgIpc) is 2.68. The number of ether oxygens (including phenoxy) is 1. The molecule has 0 heterocycles. The maximum absolute atomic E-state index is 12.4. The number of carbonyl (C=O) groups is 3. The molecule has 0 radical (unpaired) electrons. The van der Waals surface area contributed by atoms with Gasteiger partial charge < -0.3 is 20.7 Å². The van der Waals surface area contributed by atoms with Crippen molar-refractivity contribution in [1.29, 1.82) is 0 Å². The van der Waals surface area contributed by atoms with E-state index in [1.54, 1.807) is 38.1 Å². The molecule has 0 spiro atoms. The number of rotatable bonds is 9. The van der Waals surface area contributed by atoms with E-state index in [2.05, 4.69) is 16.0 Å². The van der Waals surface area contributed by atoms with Crippen molar-refractivity contribution in [3.05, 3.63) is 34.9 Å². The zero-order chi connectivity index (χ0) is 21.9. The summed E-state index contributed by atoms with van der Waals surface area (Å²) in [4.78, 5) is 36.6. The monoisotopic (exact) mass is 437 g/mol. The van der Waals surface area contributed by atoms with E-state index in [0.29, 0.717) is 10.6 Å². The van der Waals surface area contributed by atoms with Gasteiger partial charge in [0.15, 0.2) is 0 Å². The van der Waals surface area contributed by atoms with Crippen LogP contribution in [-0.4, -0.2) is 36.6 Å². The van der Waals surface area contributed by atoms with Gasteiger partial charge in [-0.25, -0.2) is 4.79 Å². The van der Waals surface area contributed by atoms with Crippen LogP contribution in [0.4, 0.5) is 4.79 Å². The lowest BCUT2D eigenvalue weighted by Gasteiger charge is -2.23. The van der Waals surface area contributed by atoms with Crippen LogP contribution in [0.1, 0.15) is 70.4 Å². The van der Waals surface area contributed by atoms with Crippen LogP contribution in [0, 0.1) is 0 Å². The van der Waals surface area contributed by atoms with Crippen LogP contribution in [0.2, 0.25) is 5.02 Å². The van der Waals surface area contributed by atoms with Crippen molar-refractivity contribution in [1.82, 2.24) is 16.0 Å². The molecule has 2 rings (SSSR count). The molecule has 0 aromatic heterocycles. The Hall–Kier alpha value is -2.28. The summed E-state index contributed by atoms with van der Waals surface area (Å²) in [6.07, 6.45) is 5.32. The van der Waals surface area contributed by atoms with Crippen LogP contribution in [0.3, 0.4) is 0 Å². The zero-order valence-electron chi connectivity index (χ0n) is 17.7. The summed E-state index contributed by atoms with van der Waals surface area (Å²) in [6, 6.07) is 6.42. The molecular weight excluding hydrogens is 406 g/mol. The number of halogens is 1. The van der Waals surface area contributed by atoms with Crippen molar-refractivity contribution < 1.29 is 19.1 Å².